The van der Waals surface area contributed by atoms with E-state index in [1.165, 1.54) is 6.07 Å². The number of likely N-dealkylation sites (tertiary alicyclic amines) is 1. The highest BCUT2D eigenvalue weighted by Crippen LogP contribution is 2.18. The molecule has 1 N–H and O–H groups in total. The molecule has 1 fully saturated rings. The summed E-state index contributed by atoms with van der Waals surface area (Å²) in [5.74, 6) is -0.711. The van der Waals surface area contributed by atoms with Crippen molar-refractivity contribution in [1.29, 1.82) is 0 Å². The van der Waals surface area contributed by atoms with Gasteiger partial charge in [0.05, 0.1) is 0 Å². The minimum atomic E-state index is -0.793. The van der Waals surface area contributed by atoms with E-state index >= 15 is 0 Å². The second-order valence-electron chi connectivity index (χ2n) is 6.25. The number of nitrogens with zero attached hydrogens (tertiary/aromatic N) is 3. The van der Waals surface area contributed by atoms with Gasteiger partial charge in [0.15, 0.2) is 17.6 Å². The van der Waals surface area contributed by atoms with Gasteiger partial charge in [0.2, 0.25) is 0 Å². The molecule has 24 heavy (non-hydrogen) atoms. The molecule has 0 aromatic heterocycles. The second-order valence-corrected chi connectivity index (χ2v) is 6.25. The van der Waals surface area contributed by atoms with Crippen molar-refractivity contribution in [2.75, 3.05) is 39.8 Å². The van der Waals surface area contributed by atoms with Gasteiger partial charge >= 0.3 is 0 Å². The maximum Gasteiger partial charge on any atom is 0.193 e. The minimum absolute atomic E-state index is 0.389. The Morgan fingerprint density at radius 1 is 1.29 bits per heavy atom. The Hall–Kier alpha value is -1.95. The zero-order valence-corrected chi connectivity index (χ0v) is 14.0. The molecular weight excluding hydrogens is 310 g/mol. The first-order valence-electron chi connectivity index (χ1n) is 8.46. The summed E-state index contributed by atoms with van der Waals surface area (Å²) < 4.78 is 26.9. The van der Waals surface area contributed by atoms with E-state index in [9.17, 15) is 8.78 Å². The Balaban J connectivity index is 1.49. The number of hydrogen-bond donors (Lipinski definition) is 1. The molecule has 2 aliphatic rings. The number of halogens is 2. The molecule has 6 heteroatoms. The van der Waals surface area contributed by atoms with E-state index < -0.39 is 11.6 Å². The van der Waals surface area contributed by atoms with Gasteiger partial charge in [-0.05, 0) is 24.5 Å². The maximum atomic E-state index is 13.7. The van der Waals surface area contributed by atoms with Gasteiger partial charge < -0.3 is 10.2 Å². The molecular formula is C18H24F2N4. The largest absolute Gasteiger partial charge is 0.356 e. The van der Waals surface area contributed by atoms with Crippen LogP contribution in [-0.4, -0.2) is 61.6 Å². The van der Waals surface area contributed by atoms with Gasteiger partial charge in [-0.2, -0.15) is 0 Å². The van der Waals surface area contributed by atoms with Crippen LogP contribution >= 0.6 is 0 Å². The highest BCUT2D eigenvalue weighted by molar-refractivity contribution is 5.80. The minimum Gasteiger partial charge on any atom is -0.356 e. The normalized spacial score (nSPS) is 21.7. The second kappa shape index (κ2) is 7.75. The Labute approximate surface area is 141 Å². The van der Waals surface area contributed by atoms with Crippen molar-refractivity contribution < 1.29 is 8.78 Å². The van der Waals surface area contributed by atoms with Crippen LogP contribution in [0.25, 0.3) is 0 Å². The number of benzene rings is 1. The average molecular weight is 334 g/mol. The highest BCUT2D eigenvalue weighted by Gasteiger charge is 2.29. The van der Waals surface area contributed by atoms with Crippen LogP contribution in [0.2, 0.25) is 0 Å². The topological polar surface area (TPSA) is 30.9 Å². The Morgan fingerprint density at radius 3 is 2.83 bits per heavy atom. The van der Waals surface area contributed by atoms with E-state index in [0.29, 0.717) is 24.6 Å². The summed E-state index contributed by atoms with van der Waals surface area (Å²) >= 11 is 0. The zero-order chi connectivity index (χ0) is 16.9. The Morgan fingerprint density at radius 2 is 2.08 bits per heavy atom. The monoisotopic (exact) mass is 334 g/mol. The molecule has 0 aliphatic carbocycles. The lowest BCUT2D eigenvalue weighted by atomic mass is 10.1. The third-order valence-corrected chi connectivity index (χ3v) is 4.75. The molecule has 1 unspecified atom stereocenters. The Kier molecular flexibility index (Phi) is 5.45. The van der Waals surface area contributed by atoms with Crippen molar-refractivity contribution in [3.63, 3.8) is 0 Å². The van der Waals surface area contributed by atoms with Crippen molar-refractivity contribution in [1.82, 2.24) is 15.1 Å². The van der Waals surface area contributed by atoms with Crippen molar-refractivity contribution in [2.24, 2.45) is 4.99 Å². The number of hydrogen-bond acceptors (Lipinski definition) is 2. The molecule has 0 radical (unpaired) electrons. The third kappa shape index (κ3) is 3.75. The summed E-state index contributed by atoms with van der Waals surface area (Å²) in [7, 11) is 1.76. The molecule has 1 aromatic carbocycles. The molecule has 1 aromatic rings. The molecule has 4 nitrogen and oxygen atoms in total. The van der Waals surface area contributed by atoms with Gasteiger partial charge in [-0.15, -0.1) is 0 Å². The van der Waals surface area contributed by atoms with Gasteiger partial charge in [0.1, 0.15) is 0 Å². The zero-order valence-electron chi connectivity index (χ0n) is 14.0. The fraction of sp³-hybridized carbons (Fsp3) is 0.500. The van der Waals surface area contributed by atoms with E-state index in [1.807, 2.05) is 0 Å². The van der Waals surface area contributed by atoms with Crippen molar-refractivity contribution in [3.8, 4) is 0 Å². The number of rotatable bonds is 4. The predicted octanol–water partition coefficient (Wildman–Crippen LogP) is 2.03. The molecule has 2 aliphatic heterocycles. The van der Waals surface area contributed by atoms with Crippen molar-refractivity contribution in [2.45, 2.75) is 18.9 Å². The summed E-state index contributed by atoms with van der Waals surface area (Å²) in [6.45, 7) is 4.51. The SMILES string of the molecule is CN=C(NCCc1cccc(F)c1F)N1CCC(N2CC=CC2)C1. The summed E-state index contributed by atoms with van der Waals surface area (Å²) in [5, 5.41) is 3.27. The van der Waals surface area contributed by atoms with Crippen LogP contribution in [0.15, 0.2) is 35.3 Å². The lowest BCUT2D eigenvalue weighted by molar-refractivity contribution is 0.259. The summed E-state index contributed by atoms with van der Waals surface area (Å²) in [4.78, 5) is 9.04. The first kappa shape index (κ1) is 16.9. The van der Waals surface area contributed by atoms with E-state index in [4.69, 9.17) is 0 Å². The average Bonchev–Trinajstić information content (AvgIpc) is 3.26. The van der Waals surface area contributed by atoms with Crippen LogP contribution in [0.1, 0.15) is 12.0 Å². The summed E-state index contributed by atoms with van der Waals surface area (Å²) in [6, 6.07) is 4.86. The quantitative estimate of drug-likeness (QED) is 0.519. The molecule has 1 saturated heterocycles. The van der Waals surface area contributed by atoms with Gasteiger partial charge in [0.25, 0.3) is 0 Å². The molecule has 3 rings (SSSR count). The highest BCUT2D eigenvalue weighted by atomic mass is 19.2. The third-order valence-electron chi connectivity index (χ3n) is 4.75. The molecule has 0 saturated carbocycles. The molecule has 2 heterocycles. The van der Waals surface area contributed by atoms with Crippen LogP contribution in [0.4, 0.5) is 8.78 Å². The maximum absolute atomic E-state index is 13.7. The summed E-state index contributed by atoms with van der Waals surface area (Å²) in [5.41, 5.74) is 0.389. The van der Waals surface area contributed by atoms with Gasteiger partial charge in [-0.3, -0.25) is 9.89 Å². The van der Waals surface area contributed by atoms with Crippen LogP contribution in [0.5, 0.6) is 0 Å². The van der Waals surface area contributed by atoms with Gasteiger partial charge in [0, 0.05) is 45.8 Å². The lowest BCUT2D eigenvalue weighted by Gasteiger charge is -2.25. The fourth-order valence-electron chi connectivity index (χ4n) is 3.41. The van der Waals surface area contributed by atoms with E-state index in [0.717, 1.165) is 44.6 Å². The molecule has 0 spiro atoms. The van der Waals surface area contributed by atoms with Crippen molar-refractivity contribution in [3.05, 3.63) is 47.5 Å². The molecule has 0 bridgehead atoms. The smallest absolute Gasteiger partial charge is 0.193 e. The first-order valence-corrected chi connectivity index (χ1v) is 8.46. The predicted molar refractivity (Wildman–Crippen MR) is 92.1 cm³/mol. The van der Waals surface area contributed by atoms with Crippen LogP contribution in [-0.2, 0) is 6.42 Å². The standard InChI is InChI=1S/C18H24F2N4/c1-21-18(22-9-7-14-5-4-6-16(19)17(14)20)24-12-8-15(13-24)23-10-2-3-11-23/h2-6,15H,7-13H2,1H3,(H,21,22). The molecule has 1 atom stereocenters. The Bertz CT molecular complexity index is 621. The summed E-state index contributed by atoms with van der Waals surface area (Å²) in [6.07, 6.45) is 5.98. The fourth-order valence-corrected chi connectivity index (χ4v) is 3.41. The van der Waals surface area contributed by atoms with E-state index in [-0.39, 0.29) is 0 Å². The number of guanidine groups is 1. The van der Waals surface area contributed by atoms with Crippen LogP contribution in [0, 0.1) is 11.6 Å². The lowest BCUT2D eigenvalue weighted by Crippen LogP contribution is -2.43. The number of aliphatic imine (C=N–C) groups is 1. The van der Waals surface area contributed by atoms with Crippen LogP contribution in [0.3, 0.4) is 0 Å². The van der Waals surface area contributed by atoms with E-state index in [2.05, 4.69) is 32.3 Å². The van der Waals surface area contributed by atoms with Crippen LogP contribution < -0.4 is 5.32 Å². The number of nitrogens with one attached hydrogen (secondary N) is 1. The molecule has 0 amide bonds. The van der Waals surface area contributed by atoms with E-state index in [1.54, 1.807) is 13.1 Å². The first-order chi connectivity index (χ1) is 11.7. The van der Waals surface area contributed by atoms with Gasteiger partial charge in [-0.25, -0.2) is 8.78 Å². The van der Waals surface area contributed by atoms with Gasteiger partial charge in [-0.1, -0.05) is 24.3 Å². The van der Waals surface area contributed by atoms with Crippen molar-refractivity contribution >= 4 is 5.96 Å². The molecule has 130 valence electrons.